The molecule has 7 unspecified atom stereocenters. The summed E-state index contributed by atoms with van der Waals surface area (Å²) >= 11 is 0. The second-order valence-electron chi connectivity index (χ2n) is 7.68. The zero-order valence-corrected chi connectivity index (χ0v) is 14.4. The highest BCUT2D eigenvalue weighted by Crippen LogP contribution is 2.30. The third-order valence-electron chi connectivity index (χ3n) is 6.06. The maximum atomic E-state index is 13.6. The van der Waals surface area contributed by atoms with E-state index in [4.69, 9.17) is 10.5 Å². The molecule has 0 aromatic heterocycles. The van der Waals surface area contributed by atoms with Crippen LogP contribution in [0.25, 0.3) is 0 Å². The van der Waals surface area contributed by atoms with Gasteiger partial charge in [-0.1, -0.05) is 0 Å². The molecule has 1 amide bonds. The molecule has 142 valence electrons. The monoisotopic (exact) mass is 356 g/mol. The van der Waals surface area contributed by atoms with Crippen molar-refractivity contribution in [1.82, 2.24) is 26.4 Å². The van der Waals surface area contributed by atoms with Crippen LogP contribution < -0.4 is 27.1 Å². The third-order valence-corrected chi connectivity index (χ3v) is 6.06. The van der Waals surface area contributed by atoms with E-state index in [1.54, 1.807) is 5.01 Å². The smallest absolute Gasteiger partial charge is 0.229 e. The number of nitrogens with zero attached hydrogens (tertiary/aromatic N) is 1. The summed E-state index contributed by atoms with van der Waals surface area (Å²) in [7, 11) is 0. The number of hydrogen-bond donors (Lipinski definition) is 5. The first-order chi connectivity index (χ1) is 12.1. The summed E-state index contributed by atoms with van der Waals surface area (Å²) < 4.78 is 19.1. The fourth-order valence-electron chi connectivity index (χ4n) is 4.75. The minimum Gasteiger partial charge on any atom is -0.381 e. The molecule has 0 aliphatic carbocycles. The third kappa shape index (κ3) is 3.54. The van der Waals surface area contributed by atoms with Crippen LogP contribution in [0.15, 0.2) is 0 Å². The average molecular weight is 356 g/mol. The van der Waals surface area contributed by atoms with Gasteiger partial charge in [0.05, 0.1) is 18.2 Å². The van der Waals surface area contributed by atoms with Crippen LogP contribution >= 0.6 is 0 Å². The van der Waals surface area contributed by atoms with Crippen LogP contribution in [-0.2, 0) is 9.53 Å². The average Bonchev–Trinajstić information content (AvgIpc) is 3.22. The zero-order valence-electron chi connectivity index (χ0n) is 14.4. The second kappa shape index (κ2) is 7.42. The number of nitrogens with two attached hydrogens (primary N) is 1. The van der Waals surface area contributed by atoms with E-state index in [1.165, 1.54) is 0 Å². The molecular formula is C16H29FN6O2. The van der Waals surface area contributed by atoms with Gasteiger partial charge < -0.3 is 21.1 Å². The molecule has 25 heavy (non-hydrogen) atoms. The first kappa shape index (κ1) is 17.6. The van der Waals surface area contributed by atoms with Crippen LogP contribution in [0.1, 0.15) is 12.8 Å². The Balaban J connectivity index is 1.41. The zero-order chi connectivity index (χ0) is 17.4. The lowest BCUT2D eigenvalue weighted by Gasteiger charge is -2.38. The minimum absolute atomic E-state index is 0.0603. The summed E-state index contributed by atoms with van der Waals surface area (Å²) in [6, 6.07) is 0.0896. The van der Waals surface area contributed by atoms with E-state index in [2.05, 4.69) is 21.4 Å². The molecule has 0 radical (unpaired) electrons. The number of nitrogens with one attached hydrogen (secondary N) is 4. The maximum Gasteiger partial charge on any atom is 0.229 e. The van der Waals surface area contributed by atoms with Gasteiger partial charge in [-0.3, -0.25) is 10.1 Å². The number of hydrazine groups is 1. The van der Waals surface area contributed by atoms with Crippen molar-refractivity contribution in [3.8, 4) is 0 Å². The molecule has 0 spiro atoms. The van der Waals surface area contributed by atoms with E-state index in [9.17, 15) is 9.18 Å². The molecule has 4 aliphatic heterocycles. The van der Waals surface area contributed by atoms with Gasteiger partial charge in [0, 0.05) is 38.9 Å². The van der Waals surface area contributed by atoms with Gasteiger partial charge in [-0.05, 0) is 31.2 Å². The number of hydrogen-bond acceptors (Lipinski definition) is 7. The molecule has 0 bridgehead atoms. The molecular weight excluding hydrogens is 327 g/mol. The number of halogens is 1. The van der Waals surface area contributed by atoms with Gasteiger partial charge in [-0.2, -0.15) is 0 Å². The Labute approximate surface area is 147 Å². The molecule has 0 saturated carbocycles. The normalized spacial score (nSPS) is 45.3. The Morgan fingerprint density at radius 3 is 3.00 bits per heavy atom. The Hall–Kier alpha value is -0.840. The van der Waals surface area contributed by atoms with Gasteiger partial charge in [-0.25, -0.2) is 14.8 Å². The summed E-state index contributed by atoms with van der Waals surface area (Å²) in [5, 5.41) is 11.4. The molecule has 9 heteroatoms. The molecule has 4 rings (SSSR count). The highest BCUT2D eigenvalue weighted by molar-refractivity contribution is 5.80. The Morgan fingerprint density at radius 2 is 2.20 bits per heavy atom. The van der Waals surface area contributed by atoms with Crippen LogP contribution in [0.4, 0.5) is 4.39 Å². The lowest BCUT2D eigenvalue weighted by atomic mass is 9.80. The maximum absolute atomic E-state index is 13.6. The van der Waals surface area contributed by atoms with Crippen molar-refractivity contribution in [3.63, 3.8) is 0 Å². The summed E-state index contributed by atoms with van der Waals surface area (Å²) in [5.74, 6) is 0.452. The van der Waals surface area contributed by atoms with Crippen molar-refractivity contribution in [2.45, 2.75) is 37.4 Å². The van der Waals surface area contributed by atoms with Gasteiger partial charge in [-0.15, -0.1) is 0 Å². The lowest BCUT2D eigenvalue weighted by Crippen LogP contribution is -2.60. The topological polar surface area (TPSA) is 104 Å². The number of fused-ring (bicyclic) bond motifs is 1. The van der Waals surface area contributed by atoms with Crippen LogP contribution in [0.5, 0.6) is 0 Å². The van der Waals surface area contributed by atoms with Crippen molar-refractivity contribution in [2.75, 3.05) is 39.4 Å². The second-order valence-corrected chi connectivity index (χ2v) is 7.68. The Bertz CT molecular complexity index is 491. The van der Waals surface area contributed by atoms with Crippen molar-refractivity contribution >= 4 is 5.91 Å². The van der Waals surface area contributed by atoms with Crippen molar-refractivity contribution in [2.24, 2.45) is 23.5 Å². The summed E-state index contributed by atoms with van der Waals surface area (Å²) in [5.41, 5.74) is 9.17. The van der Waals surface area contributed by atoms with Gasteiger partial charge >= 0.3 is 0 Å². The predicted octanol–water partition coefficient (Wildman–Crippen LogP) is -1.89. The number of ether oxygens (including phenoxy) is 1. The number of carbonyl (C=O) groups is 1. The molecule has 0 aromatic carbocycles. The fraction of sp³-hybridized carbons (Fsp3) is 0.938. The summed E-state index contributed by atoms with van der Waals surface area (Å²) in [4.78, 5) is 13.0. The van der Waals surface area contributed by atoms with Crippen LogP contribution in [-0.4, -0.2) is 74.9 Å². The summed E-state index contributed by atoms with van der Waals surface area (Å²) in [6.07, 6.45) is 0.398. The fourth-order valence-corrected chi connectivity index (χ4v) is 4.75. The first-order valence-corrected chi connectivity index (χ1v) is 9.38. The summed E-state index contributed by atoms with van der Waals surface area (Å²) in [6.45, 7) is 3.87. The highest BCUT2D eigenvalue weighted by Gasteiger charge is 2.47. The molecule has 8 nitrogen and oxygen atoms in total. The number of carbonyl (C=O) groups excluding carboxylic acids is 1. The van der Waals surface area contributed by atoms with E-state index < -0.39 is 18.3 Å². The molecule has 0 aromatic rings. The number of amides is 1. The van der Waals surface area contributed by atoms with Crippen LogP contribution in [0.2, 0.25) is 0 Å². The number of alkyl halides is 1. The number of rotatable bonds is 3. The SMILES string of the molecule is NC1NN2CC(F)CNC2C1C(=O)NC1CNCCC1C1CCOC1. The van der Waals surface area contributed by atoms with Crippen LogP contribution in [0.3, 0.4) is 0 Å². The molecule has 4 heterocycles. The molecule has 4 aliphatic rings. The standard InChI is InChI=1S/C16H29FN6O2/c17-10-5-20-15-13(14(18)22-23(15)7-10)16(24)21-12-6-19-3-1-11(12)9-2-4-25-8-9/h9-15,19-20,22H,1-8,18H2,(H,21,24). The van der Waals surface area contributed by atoms with Crippen molar-refractivity contribution in [1.29, 1.82) is 0 Å². The molecule has 4 fully saturated rings. The Kier molecular flexibility index (Phi) is 5.21. The van der Waals surface area contributed by atoms with E-state index in [0.717, 1.165) is 39.1 Å². The van der Waals surface area contributed by atoms with Gasteiger partial charge in [0.25, 0.3) is 0 Å². The Morgan fingerprint density at radius 1 is 1.32 bits per heavy atom. The van der Waals surface area contributed by atoms with Crippen LogP contribution in [0, 0.1) is 17.8 Å². The minimum atomic E-state index is -0.952. The lowest BCUT2D eigenvalue weighted by molar-refractivity contribution is -0.128. The number of piperidine rings is 1. The highest BCUT2D eigenvalue weighted by atomic mass is 19.1. The largest absolute Gasteiger partial charge is 0.381 e. The van der Waals surface area contributed by atoms with E-state index in [1.807, 2.05) is 0 Å². The van der Waals surface area contributed by atoms with Gasteiger partial charge in [0.1, 0.15) is 6.17 Å². The molecule has 7 atom stereocenters. The van der Waals surface area contributed by atoms with Gasteiger partial charge in [0.2, 0.25) is 5.91 Å². The molecule has 4 saturated heterocycles. The van der Waals surface area contributed by atoms with E-state index in [0.29, 0.717) is 11.8 Å². The molecule has 6 N–H and O–H groups in total. The van der Waals surface area contributed by atoms with Crippen molar-refractivity contribution < 1.29 is 13.9 Å². The quantitative estimate of drug-likeness (QED) is 0.403. The van der Waals surface area contributed by atoms with E-state index in [-0.39, 0.29) is 31.2 Å². The predicted molar refractivity (Wildman–Crippen MR) is 89.8 cm³/mol. The van der Waals surface area contributed by atoms with Crippen molar-refractivity contribution in [3.05, 3.63) is 0 Å². The van der Waals surface area contributed by atoms with Gasteiger partial charge in [0.15, 0.2) is 0 Å². The first-order valence-electron chi connectivity index (χ1n) is 9.38. The van der Waals surface area contributed by atoms with E-state index >= 15 is 0 Å².